The number of nitro groups is 1. The second kappa shape index (κ2) is 9.00. The number of non-ortho nitro benzene ring substituents is 1. The van der Waals surface area contributed by atoms with Gasteiger partial charge in [0.2, 0.25) is 5.91 Å². The van der Waals surface area contributed by atoms with Crippen molar-refractivity contribution in [3.63, 3.8) is 0 Å². The normalized spacial score (nSPS) is 15.5. The number of carbonyl (C=O) groups is 2. The number of anilines is 2. The number of hydrogen-bond acceptors (Lipinski definition) is 6. The van der Waals surface area contributed by atoms with Crippen LogP contribution in [0, 0.1) is 15.9 Å². The predicted octanol–water partition coefficient (Wildman–Crippen LogP) is 3.09. The molecule has 9 heteroatoms. The molecule has 1 atom stereocenters. The van der Waals surface area contributed by atoms with Crippen LogP contribution in [0.5, 0.6) is 0 Å². The number of nitro benzene ring substituents is 1. The maximum atomic E-state index is 14.4. The molecule has 1 aliphatic rings. The summed E-state index contributed by atoms with van der Waals surface area (Å²) in [6, 6.07) is 9.75. The van der Waals surface area contributed by atoms with Gasteiger partial charge in [0, 0.05) is 49.6 Å². The molecule has 8 nitrogen and oxygen atoms in total. The molecule has 1 saturated heterocycles. The molecule has 1 heterocycles. The fraction of sp³-hybridized carbons (Fsp3) is 0.333. The summed E-state index contributed by atoms with van der Waals surface area (Å²) in [5.41, 5.74) is 1.23. The molecule has 1 aliphatic heterocycles. The van der Waals surface area contributed by atoms with Crippen LogP contribution in [-0.2, 0) is 4.79 Å². The first-order chi connectivity index (χ1) is 14.3. The van der Waals surface area contributed by atoms with Crippen LogP contribution in [0.1, 0.15) is 24.2 Å². The highest BCUT2D eigenvalue weighted by molar-refractivity contribution is 5.95. The summed E-state index contributed by atoms with van der Waals surface area (Å²) in [5, 5.41) is 13.5. The Morgan fingerprint density at radius 3 is 2.27 bits per heavy atom. The minimum atomic E-state index is -0.496. The van der Waals surface area contributed by atoms with E-state index in [0.29, 0.717) is 43.1 Å². The summed E-state index contributed by atoms with van der Waals surface area (Å²) in [7, 11) is 0. The number of piperazine rings is 1. The number of nitrogens with one attached hydrogen (secondary N) is 1. The molecular formula is C21H23FN4O4. The average molecular weight is 414 g/mol. The molecule has 0 aliphatic carbocycles. The molecule has 2 aromatic carbocycles. The van der Waals surface area contributed by atoms with E-state index in [1.165, 1.54) is 37.3 Å². The summed E-state index contributed by atoms with van der Waals surface area (Å²) >= 11 is 0. The van der Waals surface area contributed by atoms with Crippen molar-refractivity contribution in [1.29, 1.82) is 0 Å². The van der Waals surface area contributed by atoms with Crippen LogP contribution >= 0.6 is 0 Å². The Bertz CT molecular complexity index is 956. The van der Waals surface area contributed by atoms with Crippen LogP contribution in [0.15, 0.2) is 42.5 Å². The quantitative estimate of drug-likeness (QED) is 0.443. The van der Waals surface area contributed by atoms with E-state index in [2.05, 4.69) is 5.32 Å². The summed E-state index contributed by atoms with van der Waals surface area (Å²) in [5.74, 6) is -0.826. The maximum absolute atomic E-state index is 14.4. The summed E-state index contributed by atoms with van der Waals surface area (Å²) < 4.78 is 14.4. The molecule has 0 spiro atoms. The van der Waals surface area contributed by atoms with Gasteiger partial charge in [-0.2, -0.15) is 0 Å². The first-order valence-corrected chi connectivity index (χ1v) is 9.61. The van der Waals surface area contributed by atoms with Gasteiger partial charge >= 0.3 is 0 Å². The second-order valence-corrected chi connectivity index (χ2v) is 7.21. The zero-order valence-corrected chi connectivity index (χ0v) is 16.8. The van der Waals surface area contributed by atoms with Crippen molar-refractivity contribution < 1.29 is 18.9 Å². The largest absolute Gasteiger partial charge is 0.367 e. The van der Waals surface area contributed by atoms with Gasteiger partial charge in [-0.3, -0.25) is 24.6 Å². The van der Waals surface area contributed by atoms with Gasteiger partial charge in [0.1, 0.15) is 5.82 Å². The van der Waals surface area contributed by atoms with E-state index >= 15 is 0 Å². The number of ketones is 1. The van der Waals surface area contributed by atoms with Gasteiger partial charge < -0.3 is 10.2 Å². The van der Waals surface area contributed by atoms with Crippen LogP contribution in [0.4, 0.5) is 21.5 Å². The number of hydrogen-bond donors (Lipinski definition) is 1. The molecule has 158 valence electrons. The minimum absolute atomic E-state index is 0.0410. The van der Waals surface area contributed by atoms with Crippen LogP contribution in [-0.4, -0.2) is 53.7 Å². The molecule has 0 saturated carbocycles. The molecule has 1 amide bonds. The lowest BCUT2D eigenvalue weighted by atomic mass is 10.1. The second-order valence-electron chi connectivity index (χ2n) is 7.21. The molecule has 2 aromatic rings. The molecule has 0 aromatic heterocycles. The third kappa shape index (κ3) is 4.80. The molecule has 1 N–H and O–H groups in total. The van der Waals surface area contributed by atoms with Gasteiger partial charge in [-0.1, -0.05) is 0 Å². The van der Waals surface area contributed by atoms with Gasteiger partial charge in [0.25, 0.3) is 5.69 Å². The third-order valence-corrected chi connectivity index (χ3v) is 5.28. The van der Waals surface area contributed by atoms with Crippen LogP contribution in [0.3, 0.4) is 0 Å². The molecule has 0 unspecified atom stereocenters. The Kier molecular flexibility index (Phi) is 6.41. The van der Waals surface area contributed by atoms with Gasteiger partial charge in [0.05, 0.1) is 16.7 Å². The van der Waals surface area contributed by atoms with Crippen molar-refractivity contribution in [2.24, 2.45) is 0 Å². The third-order valence-electron chi connectivity index (χ3n) is 5.28. The number of carbonyl (C=O) groups excluding carboxylic acids is 2. The lowest BCUT2D eigenvalue weighted by Crippen LogP contribution is -2.53. The molecule has 1 fully saturated rings. The topological polar surface area (TPSA) is 95.8 Å². The van der Waals surface area contributed by atoms with Gasteiger partial charge in [-0.05, 0) is 44.2 Å². The number of halogens is 1. The van der Waals surface area contributed by atoms with Crippen molar-refractivity contribution in [1.82, 2.24) is 4.90 Å². The Morgan fingerprint density at radius 2 is 1.73 bits per heavy atom. The van der Waals surface area contributed by atoms with Gasteiger partial charge in [0.15, 0.2) is 5.78 Å². The van der Waals surface area contributed by atoms with Gasteiger partial charge in [-0.25, -0.2) is 4.39 Å². The molecule has 30 heavy (non-hydrogen) atoms. The van der Waals surface area contributed by atoms with E-state index in [4.69, 9.17) is 0 Å². The van der Waals surface area contributed by atoms with E-state index in [9.17, 15) is 24.1 Å². The van der Waals surface area contributed by atoms with E-state index in [-0.39, 0.29) is 17.4 Å². The van der Waals surface area contributed by atoms with Crippen molar-refractivity contribution in [2.45, 2.75) is 19.9 Å². The number of Topliss-reactive ketones (excluding diaryl/α,β-unsaturated/α-hetero) is 1. The predicted molar refractivity (Wildman–Crippen MR) is 111 cm³/mol. The molecule has 3 rings (SSSR count). The van der Waals surface area contributed by atoms with E-state index in [1.54, 1.807) is 19.1 Å². The lowest BCUT2D eigenvalue weighted by Gasteiger charge is -2.38. The highest BCUT2D eigenvalue weighted by Gasteiger charge is 2.27. The minimum Gasteiger partial charge on any atom is -0.367 e. The Hall–Kier alpha value is -3.33. The highest BCUT2D eigenvalue weighted by atomic mass is 19.1. The molecular weight excluding hydrogens is 391 g/mol. The maximum Gasteiger partial charge on any atom is 0.269 e. The number of nitrogens with zero attached hydrogens (tertiary/aromatic N) is 3. The van der Waals surface area contributed by atoms with Crippen molar-refractivity contribution >= 4 is 28.8 Å². The van der Waals surface area contributed by atoms with E-state index in [1.807, 2.05) is 9.80 Å². The number of amides is 1. The van der Waals surface area contributed by atoms with Crippen molar-refractivity contribution in [3.05, 3.63) is 64.0 Å². The number of benzene rings is 2. The van der Waals surface area contributed by atoms with Crippen molar-refractivity contribution in [3.8, 4) is 0 Å². The SMILES string of the molecule is CC(=O)c1ccc(N2CCN([C@@H](C)C(=O)Nc3ccc([N+](=O)[O-])cc3)CC2)c(F)c1. The Balaban J connectivity index is 1.57. The van der Waals surface area contributed by atoms with E-state index in [0.717, 1.165) is 0 Å². The average Bonchev–Trinajstić information content (AvgIpc) is 2.73. The standard InChI is InChI=1S/C21H23FN4O4/c1-14(21(28)23-17-4-6-18(7-5-17)26(29)30)24-9-11-25(12-10-24)20-8-3-16(15(2)27)13-19(20)22/h3-8,13-14H,9-12H2,1-2H3,(H,23,28)/t14-/m0/s1. The molecule has 0 bridgehead atoms. The first-order valence-electron chi connectivity index (χ1n) is 9.61. The summed E-state index contributed by atoms with van der Waals surface area (Å²) in [6.45, 7) is 5.43. The van der Waals surface area contributed by atoms with Crippen molar-refractivity contribution in [2.75, 3.05) is 36.4 Å². The van der Waals surface area contributed by atoms with Crippen LogP contribution < -0.4 is 10.2 Å². The zero-order chi connectivity index (χ0) is 21.8. The van der Waals surface area contributed by atoms with Crippen LogP contribution in [0.2, 0.25) is 0 Å². The first kappa shape index (κ1) is 21.4. The Labute approximate surface area is 173 Å². The smallest absolute Gasteiger partial charge is 0.269 e. The fourth-order valence-electron chi connectivity index (χ4n) is 3.41. The molecule has 0 radical (unpaired) electrons. The number of rotatable bonds is 6. The van der Waals surface area contributed by atoms with Gasteiger partial charge in [-0.15, -0.1) is 0 Å². The highest BCUT2D eigenvalue weighted by Crippen LogP contribution is 2.23. The lowest BCUT2D eigenvalue weighted by molar-refractivity contribution is -0.384. The van der Waals surface area contributed by atoms with E-state index < -0.39 is 16.8 Å². The zero-order valence-electron chi connectivity index (χ0n) is 16.8. The fourth-order valence-corrected chi connectivity index (χ4v) is 3.41. The monoisotopic (exact) mass is 414 g/mol. The summed E-state index contributed by atoms with van der Waals surface area (Å²) in [6.07, 6.45) is 0. The summed E-state index contributed by atoms with van der Waals surface area (Å²) in [4.78, 5) is 38.1. The Morgan fingerprint density at radius 1 is 1.10 bits per heavy atom. The van der Waals surface area contributed by atoms with Crippen LogP contribution in [0.25, 0.3) is 0 Å².